The van der Waals surface area contributed by atoms with Crippen LogP contribution >= 0.6 is 0 Å². The average Bonchev–Trinajstić information content (AvgIpc) is 2.92. The zero-order valence-electron chi connectivity index (χ0n) is 11.8. The highest BCUT2D eigenvalue weighted by Crippen LogP contribution is 2.24. The first-order chi connectivity index (χ1) is 10.3. The summed E-state index contributed by atoms with van der Waals surface area (Å²) in [5, 5.41) is 0.807. The number of carbonyl (C=O) groups is 1. The van der Waals surface area contributed by atoms with Crippen LogP contribution in [0.4, 0.5) is 0 Å². The minimum atomic E-state index is -0.340. The van der Waals surface area contributed by atoms with Crippen LogP contribution in [0.5, 0.6) is 0 Å². The zero-order valence-corrected chi connectivity index (χ0v) is 11.8. The molecule has 1 aromatic heterocycles. The maximum absolute atomic E-state index is 11.9. The van der Waals surface area contributed by atoms with Crippen LogP contribution < -0.4 is 0 Å². The van der Waals surface area contributed by atoms with Crippen LogP contribution in [-0.4, -0.2) is 12.6 Å². The number of esters is 1. The van der Waals surface area contributed by atoms with Gasteiger partial charge in [0.25, 0.3) is 0 Å². The second kappa shape index (κ2) is 5.83. The molecule has 3 rings (SSSR count). The lowest BCUT2D eigenvalue weighted by Gasteiger charge is -2.03. The molecule has 21 heavy (non-hydrogen) atoms. The molecule has 0 saturated carbocycles. The first-order valence-electron chi connectivity index (χ1n) is 6.99. The molecule has 0 aliphatic carbocycles. The van der Waals surface area contributed by atoms with Crippen molar-refractivity contribution in [1.29, 1.82) is 0 Å². The third kappa shape index (κ3) is 2.82. The number of hydrogen-bond acceptors (Lipinski definition) is 3. The molecular formula is C18H16O3. The molecule has 0 unspecified atom stereocenters. The van der Waals surface area contributed by atoms with Crippen LogP contribution in [0.3, 0.4) is 0 Å². The van der Waals surface area contributed by atoms with Gasteiger partial charge < -0.3 is 9.15 Å². The number of benzene rings is 2. The number of ether oxygens (including phenoxy) is 1. The number of hydrogen-bond donors (Lipinski definition) is 0. The van der Waals surface area contributed by atoms with Gasteiger partial charge in [-0.3, -0.25) is 0 Å². The molecule has 0 spiro atoms. The standard InChI is InChI=1S/C18H16O3/c1-2-20-18(19)16-12-21-17-9-8-14(11-15(16)17)10-13-6-4-3-5-7-13/h3-9,11-12H,2,10H2,1H3. The highest BCUT2D eigenvalue weighted by molar-refractivity contribution is 6.03. The van der Waals surface area contributed by atoms with Gasteiger partial charge in [-0.2, -0.15) is 0 Å². The van der Waals surface area contributed by atoms with Crippen LogP contribution in [0.2, 0.25) is 0 Å². The van der Waals surface area contributed by atoms with E-state index in [1.165, 1.54) is 11.8 Å². The van der Waals surface area contributed by atoms with Crippen molar-refractivity contribution in [3.63, 3.8) is 0 Å². The van der Waals surface area contributed by atoms with Crippen molar-refractivity contribution in [2.75, 3.05) is 6.61 Å². The normalized spacial score (nSPS) is 10.7. The summed E-state index contributed by atoms with van der Waals surface area (Å²) < 4.78 is 10.5. The van der Waals surface area contributed by atoms with Gasteiger partial charge in [0.05, 0.1) is 6.61 Å². The zero-order chi connectivity index (χ0) is 14.7. The largest absolute Gasteiger partial charge is 0.463 e. The molecule has 2 aromatic carbocycles. The Labute approximate surface area is 123 Å². The summed E-state index contributed by atoms with van der Waals surface area (Å²) in [5.41, 5.74) is 3.57. The maximum Gasteiger partial charge on any atom is 0.342 e. The smallest absolute Gasteiger partial charge is 0.342 e. The molecule has 106 valence electrons. The van der Waals surface area contributed by atoms with Gasteiger partial charge in [0, 0.05) is 5.39 Å². The molecule has 3 aromatic rings. The predicted molar refractivity (Wildman–Crippen MR) is 81.4 cm³/mol. The van der Waals surface area contributed by atoms with Crippen LogP contribution in [-0.2, 0) is 11.2 Å². The van der Waals surface area contributed by atoms with Gasteiger partial charge in [-0.15, -0.1) is 0 Å². The van der Waals surface area contributed by atoms with Crippen molar-refractivity contribution in [2.45, 2.75) is 13.3 Å². The number of furan rings is 1. The lowest BCUT2D eigenvalue weighted by Crippen LogP contribution is -2.03. The van der Waals surface area contributed by atoms with E-state index < -0.39 is 0 Å². The van der Waals surface area contributed by atoms with Gasteiger partial charge in [0.15, 0.2) is 0 Å². The molecule has 3 nitrogen and oxygen atoms in total. The van der Waals surface area contributed by atoms with E-state index in [1.807, 2.05) is 36.4 Å². The molecule has 0 radical (unpaired) electrons. The van der Waals surface area contributed by atoms with Gasteiger partial charge in [-0.1, -0.05) is 36.4 Å². The summed E-state index contributed by atoms with van der Waals surface area (Å²) in [6.07, 6.45) is 2.29. The van der Waals surface area contributed by atoms with Crippen LogP contribution in [0.1, 0.15) is 28.4 Å². The van der Waals surface area contributed by atoms with Gasteiger partial charge in [-0.05, 0) is 36.6 Å². The van der Waals surface area contributed by atoms with Gasteiger partial charge in [-0.25, -0.2) is 4.79 Å². The van der Waals surface area contributed by atoms with E-state index in [2.05, 4.69) is 12.1 Å². The Hall–Kier alpha value is -2.55. The third-order valence-corrected chi connectivity index (χ3v) is 3.38. The Kier molecular flexibility index (Phi) is 3.73. The molecule has 0 saturated heterocycles. The quantitative estimate of drug-likeness (QED) is 0.672. The monoisotopic (exact) mass is 280 g/mol. The molecule has 0 aliphatic heterocycles. The summed E-state index contributed by atoms with van der Waals surface area (Å²) in [6.45, 7) is 2.15. The van der Waals surface area contributed by atoms with E-state index in [4.69, 9.17) is 9.15 Å². The number of carbonyl (C=O) groups excluding carboxylic acids is 1. The van der Waals surface area contributed by atoms with Crippen molar-refractivity contribution in [1.82, 2.24) is 0 Å². The van der Waals surface area contributed by atoms with Crippen LogP contribution in [0.25, 0.3) is 11.0 Å². The van der Waals surface area contributed by atoms with Crippen molar-refractivity contribution in [3.8, 4) is 0 Å². The Balaban J connectivity index is 1.95. The highest BCUT2D eigenvalue weighted by atomic mass is 16.5. The van der Waals surface area contributed by atoms with E-state index in [1.54, 1.807) is 6.92 Å². The van der Waals surface area contributed by atoms with E-state index in [0.717, 1.165) is 17.4 Å². The summed E-state index contributed by atoms with van der Waals surface area (Å²) in [7, 11) is 0. The highest BCUT2D eigenvalue weighted by Gasteiger charge is 2.15. The summed E-state index contributed by atoms with van der Waals surface area (Å²) in [6, 6.07) is 16.1. The lowest BCUT2D eigenvalue weighted by atomic mass is 10.0. The Morgan fingerprint density at radius 1 is 1.10 bits per heavy atom. The number of fused-ring (bicyclic) bond motifs is 1. The summed E-state index contributed by atoms with van der Waals surface area (Å²) >= 11 is 0. The van der Waals surface area contributed by atoms with Crippen molar-refractivity contribution < 1.29 is 13.9 Å². The minimum Gasteiger partial charge on any atom is -0.463 e. The molecule has 0 amide bonds. The lowest BCUT2D eigenvalue weighted by molar-refractivity contribution is 0.0527. The first-order valence-corrected chi connectivity index (χ1v) is 6.99. The summed E-state index contributed by atoms with van der Waals surface area (Å²) in [5.74, 6) is -0.340. The fraction of sp³-hybridized carbons (Fsp3) is 0.167. The van der Waals surface area contributed by atoms with Crippen molar-refractivity contribution in [2.24, 2.45) is 0 Å². The third-order valence-electron chi connectivity index (χ3n) is 3.38. The maximum atomic E-state index is 11.9. The van der Waals surface area contributed by atoms with Gasteiger partial charge in [0.1, 0.15) is 17.4 Å². The van der Waals surface area contributed by atoms with Crippen molar-refractivity contribution in [3.05, 3.63) is 71.5 Å². The first kappa shape index (κ1) is 13.4. The van der Waals surface area contributed by atoms with E-state index in [9.17, 15) is 4.79 Å². The Morgan fingerprint density at radius 2 is 1.90 bits per heavy atom. The van der Waals surface area contributed by atoms with Gasteiger partial charge >= 0.3 is 5.97 Å². The second-order valence-corrected chi connectivity index (χ2v) is 4.86. The van der Waals surface area contributed by atoms with Crippen LogP contribution in [0, 0.1) is 0 Å². The fourth-order valence-corrected chi connectivity index (χ4v) is 2.38. The topological polar surface area (TPSA) is 39.4 Å². The Bertz CT molecular complexity index is 756. The second-order valence-electron chi connectivity index (χ2n) is 4.86. The van der Waals surface area contributed by atoms with E-state index in [-0.39, 0.29) is 5.97 Å². The molecule has 0 fully saturated rings. The average molecular weight is 280 g/mol. The molecule has 0 atom stereocenters. The minimum absolute atomic E-state index is 0.340. The molecule has 0 N–H and O–H groups in total. The summed E-state index contributed by atoms with van der Waals surface area (Å²) in [4.78, 5) is 11.9. The SMILES string of the molecule is CCOC(=O)c1coc2ccc(Cc3ccccc3)cc12. The van der Waals surface area contributed by atoms with E-state index >= 15 is 0 Å². The fourth-order valence-electron chi connectivity index (χ4n) is 2.38. The van der Waals surface area contributed by atoms with E-state index in [0.29, 0.717) is 17.8 Å². The number of rotatable bonds is 4. The van der Waals surface area contributed by atoms with Gasteiger partial charge in [0.2, 0.25) is 0 Å². The molecule has 3 heteroatoms. The van der Waals surface area contributed by atoms with Crippen LogP contribution in [0.15, 0.2) is 59.2 Å². The molecule has 1 heterocycles. The Morgan fingerprint density at radius 3 is 2.67 bits per heavy atom. The van der Waals surface area contributed by atoms with Crippen molar-refractivity contribution >= 4 is 16.9 Å². The molecule has 0 aliphatic rings. The predicted octanol–water partition coefficient (Wildman–Crippen LogP) is 4.20. The molecular weight excluding hydrogens is 264 g/mol. The molecule has 0 bridgehead atoms.